The Morgan fingerprint density at radius 3 is 1.25 bits per heavy atom. The molecule has 52 heavy (non-hydrogen) atoms. The van der Waals surface area contributed by atoms with Crippen molar-refractivity contribution in [2.75, 3.05) is 20.3 Å². The van der Waals surface area contributed by atoms with E-state index >= 15 is 0 Å². The molecule has 0 aromatic rings. The molecule has 0 heterocycles. The van der Waals surface area contributed by atoms with Crippen LogP contribution in [0.25, 0.3) is 0 Å². The van der Waals surface area contributed by atoms with Gasteiger partial charge in [0.15, 0.2) is 6.10 Å². The lowest BCUT2D eigenvalue weighted by atomic mass is 10.0. The number of ether oxygens (including phenoxy) is 2. The normalized spacial score (nSPS) is 13.4. The molecule has 0 saturated carbocycles. The van der Waals surface area contributed by atoms with E-state index in [1.807, 2.05) is 0 Å². The first-order valence-electron chi connectivity index (χ1n) is 21.9. The van der Waals surface area contributed by atoms with Gasteiger partial charge in [-0.1, -0.05) is 187 Å². The van der Waals surface area contributed by atoms with Crippen molar-refractivity contribution >= 4 is 19.8 Å². The second kappa shape index (κ2) is 39.5. The third-order valence-corrected chi connectivity index (χ3v) is 10.7. The highest BCUT2D eigenvalue weighted by molar-refractivity contribution is 7.47. The quantitative estimate of drug-likeness (QED) is 0.0284. The zero-order valence-electron chi connectivity index (χ0n) is 34.2. The van der Waals surface area contributed by atoms with Crippen molar-refractivity contribution in [3.63, 3.8) is 0 Å². The number of phosphoric acid groups is 1. The van der Waals surface area contributed by atoms with E-state index < -0.39 is 26.5 Å². The molecule has 0 aromatic heterocycles. The molecule has 0 amide bonds. The summed E-state index contributed by atoms with van der Waals surface area (Å²) in [5.41, 5.74) is 0. The molecule has 0 fully saturated rings. The first kappa shape index (κ1) is 50.8. The summed E-state index contributed by atoms with van der Waals surface area (Å²) in [6, 6.07) is 0. The van der Waals surface area contributed by atoms with E-state index in [-0.39, 0.29) is 19.0 Å². The minimum absolute atomic E-state index is 0.220. The van der Waals surface area contributed by atoms with Crippen LogP contribution in [0.15, 0.2) is 12.2 Å². The predicted molar refractivity (Wildman–Crippen MR) is 216 cm³/mol. The van der Waals surface area contributed by atoms with Crippen molar-refractivity contribution in [1.29, 1.82) is 0 Å². The Morgan fingerprint density at radius 1 is 0.519 bits per heavy atom. The Kier molecular flexibility index (Phi) is 38.6. The van der Waals surface area contributed by atoms with Gasteiger partial charge in [0.1, 0.15) is 6.61 Å². The number of allylic oxidation sites excluding steroid dienone is 2. The molecule has 9 heteroatoms. The smallest absolute Gasteiger partial charge is 0.462 e. The molecule has 0 aliphatic heterocycles. The van der Waals surface area contributed by atoms with Gasteiger partial charge in [-0.15, -0.1) is 0 Å². The summed E-state index contributed by atoms with van der Waals surface area (Å²) in [7, 11) is -3.19. The minimum Gasteiger partial charge on any atom is -0.462 e. The second-order valence-corrected chi connectivity index (χ2v) is 16.4. The van der Waals surface area contributed by atoms with E-state index in [1.54, 1.807) is 0 Å². The maximum atomic E-state index is 12.5. The lowest BCUT2D eigenvalue weighted by Crippen LogP contribution is -2.29. The predicted octanol–water partition coefficient (Wildman–Crippen LogP) is 13.7. The molecule has 0 aromatic carbocycles. The molecule has 0 spiro atoms. The number of carbonyl (C=O) groups is 2. The zero-order valence-corrected chi connectivity index (χ0v) is 35.1. The fraction of sp³-hybridized carbons (Fsp3) is 0.907. The fourth-order valence-electron chi connectivity index (χ4n) is 6.36. The Morgan fingerprint density at radius 2 is 0.865 bits per heavy atom. The average molecular weight is 759 g/mol. The van der Waals surface area contributed by atoms with Gasteiger partial charge in [0.05, 0.1) is 6.61 Å². The van der Waals surface area contributed by atoms with E-state index in [4.69, 9.17) is 14.0 Å². The number of esters is 2. The maximum Gasteiger partial charge on any atom is 0.472 e. The minimum atomic E-state index is -4.25. The summed E-state index contributed by atoms with van der Waals surface area (Å²) in [4.78, 5) is 34.4. The summed E-state index contributed by atoms with van der Waals surface area (Å²) < 4.78 is 32.0. The highest BCUT2D eigenvalue weighted by atomic mass is 31.2. The summed E-state index contributed by atoms with van der Waals surface area (Å²) in [5.74, 6) is -0.795. The van der Waals surface area contributed by atoms with Crippen LogP contribution in [-0.4, -0.2) is 43.3 Å². The van der Waals surface area contributed by atoms with E-state index in [1.165, 1.54) is 161 Å². The molecule has 308 valence electrons. The van der Waals surface area contributed by atoms with Gasteiger partial charge in [-0.05, 0) is 38.5 Å². The monoisotopic (exact) mass is 759 g/mol. The molecule has 1 N–H and O–H groups in total. The summed E-state index contributed by atoms with van der Waals surface area (Å²) in [6.07, 6.45) is 42.7. The number of rotatable bonds is 41. The molecule has 0 saturated heterocycles. The van der Waals surface area contributed by atoms with Crippen molar-refractivity contribution in [2.45, 2.75) is 232 Å². The summed E-state index contributed by atoms with van der Waals surface area (Å²) in [5, 5.41) is 0. The van der Waals surface area contributed by atoms with Crippen molar-refractivity contribution in [3.05, 3.63) is 12.2 Å². The van der Waals surface area contributed by atoms with Crippen LogP contribution in [-0.2, 0) is 32.7 Å². The van der Waals surface area contributed by atoms with Gasteiger partial charge >= 0.3 is 19.8 Å². The van der Waals surface area contributed by atoms with Gasteiger partial charge in [0, 0.05) is 20.0 Å². The van der Waals surface area contributed by atoms with Crippen molar-refractivity contribution in [2.24, 2.45) is 0 Å². The van der Waals surface area contributed by atoms with Crippen LogP contribution < -0.4 is 0 Å². The third-order valence-electron chi connectivity index (χ3n) is 9.76. The maximum absolute atomic E-state index is 12.5. The van der Waals surface area contributed by atoms with Crippen molar-refractivity contribution in [1.82, 2.24) is 0 Å². The van der Waals surface area contributed by atoms with Crippen LogP contribution in [0.5, 0.6) is 0 Å². The molecular formula is C43H83O8P. The number of unbranched alkanes of at least 4 members (excludes halogenated alkanes) is 28. The van der Waals surface area contributed by atoms with E-state index in [2.05, 4.69) is 30.5 Å². The molecule has 0 radical (unpaired) electrons. The second-order valence-electron chi connectivity index (χ2n) is 14.8. The molecule has 0 aliphatic carbocycles. The number of hydrogen-bond acceptors (Lipinski definition) is 7. The SMILES string of the molecule is CCCCCCCCCC/C=C\CCCCCCCCCCCC(=O)OC(COC(=O)CCCCCCCCCCCCCC)COP(=O)(O)OC. The van der Waals surface area contributed by atoms with Gasteiger partial charge in [-0.3, -0.25) is 18.6 Å². The highest BCUT2D eigenvalue weighted by Gasteiger charge is 2.24. The van der Waals surface area contributed by atoms with E-state index in [0.717, 1.165) is 39.2 Å². The van der Waals surface area contributed by atoms with Gasteiger partial charge in [0.2, 0.25) is 0 Å². The molecule has 2 unspecified atom stereocenters. The van der Waals surface area contributed by atoms with Gasteiger partial charge in [0.25, 0.3) is 0 Å². The summed E-state index contributed by atoms with van der Waals surface area (Å²) in [6.45, 7) is 3.90. The van der Waals surface area contributed by atoms with Crippen LogP contribution >= 0.6 is 7.82 Å². The van der Waals surface area contributed by atoms with Crippen LogP contribution in [0.2, 0.25) is 0 Å². The molecule has 8 nitrogen and oxygen atoms in total. The van der Waals surface area contributed by atoms with Crippen LogP contribution in [0, 0.1) is 0 Å². The standard InChI is InChI=1S/C43H83O8P/c1-4-6-8-10-12-14-16-18-19-20-21-22-23-24-25-26-28-30-32-34-36-38-43(45)51-41(40-50-52(46,47)48-3)39-49-42(44)37-35-33-31-29-27-17-15-13-11-9-7-5-2/h20-21,41H,4-19,22-40H2,1-3H3,(H,46,47)/b21-20-. The van der Waals surface area contributed by atoms with Gasteiger partial charge in [-0.25, -0.2) is 4.57 Å². The van der Waals surface area contributed by atoms with E-state index in [0.29, 0.717) is 12.8 Å². The molecule has 0 rings (SSSR count). The Bertz CT molecular complexity index is 864. The lowest BCUT2D eigenvalue weighted by molar-refractivity contribution is -0.161. The molecule has 0 bridgehead atoms. The highest BCUT2D eigenvalue weighted by Crippen LogP contribution is 2.42. The Hall–Kier alpha value is -1.21. The van der Waals surface area contributed by atoms with E-state index in [9.17, 15) is 19.0 Å². The third kappa shape index (κ3) is 38.5. The Balaban J connectivity index is 3.92. The molecule has 2 atom stereocenters. The topological polar surface area (TPSA) is 108 Å². The Labute approximate surface area is 320 Å². The van der Waals surface area contributed by atoms with Gasteiger partial charge < -0.3 is 14.4 Å². The van der Waals surface area contributed by atoms with Crippen molar-refractivity contribution in [3.8, 4) is 0 Å². The van der Waals surface area contributed by atoms with Crippen LogP contribution in [0.4, 0.5) is 0 Å². The first-order valence-corrected chi connectivity index (χ1v) is 23.4. The number of phosphoric ester groups is 1. The number of hydrogen-bond donors (Lipinski definition) is 1. The summed E-state index contributed by atoms with van der Waals surface area (Å²) >= 11 is 0. The largest absolute Gasteiger partial charge is 0.472 e. The first-order chi connectivity index (χ1) is 25.3. The van der Waals surface area contributed by atoms with Crippen LogP contribution in [0.1, 0.15) is 226 Å². The van der Waals surface area contributed by atoms with Crippen molar-refractivity contribution < 1.29 is 37.6 Å². The molecular weight excluding hydrogens is 675 g/mol. The fourth-order valence-corrected chi connectivity index (χ4v) is 6.82. The van der Waals surface area contributed by atoms with Crippen LogP contribution in [0.3, 0.4) is 0 Å². The average Bonchev–Trinajstić information content (AvgIpc) is 3.13. The lowest BCUT2D eigenvalue weighted by Gasteiger charge is -2.19. The van der Waals surface area contributed by atoms with Gasteiger partial charge in [-0.2, -0.15) is 0 Å². The molecule has 0 aliphatic rings. The zero-order chi connectivity index (χ0) is 38.2. The number of carbonyl (C=O) groups excluding carboxylic acids is 2.